The van der Waals surface area contributed by atoms with Gasteiger partial charge in [0.25, 0.3) is 5.91 Å². The number of likely N-dealkylation sites (tertiary alicyclic amines) is 1. The zero-order valence-electron chi connectivity index (χ0n) is 13.5. The van der Waals surface area contributed by atoms with Crippen LogP contribution in [-0.2, 0) is 14.4 Å². The molecule has 1 aliphatic carbocycles. The number of aliphatic hydroxyl groups is 1. The smallest absolute Gasteiger partial charge is 0.326 e. The Balaban J connectivity index is 2.19. The number of β-amino-alcohol motifs (C(OH)–C–C–N with tert-alkyl or cyclic N) is 1. The summed E-state index contributed by atoms with van der Waals surface area (Å²) in [5, 5.41) is 21.3. The summed E-state index contributed by atoms with van der Waals surface area (Å²) in [6.07, 6.45) is -0.722. The van der Waals surface area contributed by atoms with Crippen LogP contribution in [0.25, 0.3) is 0 Å². The van der Waals surface area contributed by atoms with Gasteiger partial charge in [0.2, 0.25) is 5.91 Å². The number of aliphatic hydroxyl groups excluding tert-OH is 1. The van der Waals surface area contributed by atoms with Gasteiger partial charge in [0, 0.05) is 13.0 Å². The van der Waals surface area contributed by atoms with Crippen LogP contribution in [0.5, 0.6) is 0 Å². The Labute approximate surface area is 133 Å². The standard InChI is InChI=1S/C15H23FN2O5/c1-14(2,3)10(17-13(23)15(16)4-5-15)11(20)18-7-8(19)6-9(18)12(21)22/h8-10,19H,4-7H2,1-3H3,(H,17,23)(H,21,22)/t8-,9+,10?/m1/s1. The average molecular weight is 330 g/mol. The summed E-state index contributed by atoms with van der Waals surface area (Å²) in [7, 11) is 0. The lowest BCUT2D eigenvalue weighted by Gasteiger charge is -2.35. The molecule has 2 amide bonds. The molecule has 1 unspecified atom stereocenters. The van der Waals surface area contributed by atoms with Gasteiger partial charge in [0.1, 0.15) is 12.1 Å². The number of hydrogen-bond donors (Lipinski definition) is 3. The second-order valence-electron chi connectivity index (χ2n) is 7.47. The normalized spacial score (nSPS) is 27.4. The first kappa shape index (κ1) is 17.7. The Hall–Kier alpha value is -1.70. The summed E-state index contributed by atoms with van der Waals surface area (Å²) in [4.78, 5) is 37.0. The van der Waals surface area contributed by atoms with Gasteiger partial charge in [-0.1, -0.05) is 20.8 Å². The third kappa shape index (κ3) is 3.63. The Morgan fingerprint density at radius 1 is 1.30 bits per heavy atom. The molecule has 7 nitrogen and oxygen atoms in total. The molecule has 3 N–H and O–H groups in total. The topological polar surface area (TPSA) is 107 Å². The van der Waals surface area contributed by atoms with Crippen LogP contribution in [0, 0.1) is 5.41 Å². The van der Waals surface area contributed by atoms with Crippen molar-refractivity contribution in [1.29, 1.82) is 0 Å². The van der Waals surface area contributed by atoms with Crippen LogP contribution < -0.4 is 5.32 Å². The Morgan fingerprint density at radius 3 is 2.30 bits per heavy atom. The van der Waals surface area contributed by atoms with Crippen molar-refractivity contribution in [3.63, 3.8) is 0 Å². The Kier molecular flexibility index (Phi) is 4.40. The highest BCUT2D eigenvalue weighted by atomic mass is 19.1. The van der Waals surface area contributed by atoms with E-state index in [1.807, 2.05) is 0 Å². The number of amides is 2. The lowest BCUT2D eigenvalue weighted by atomic mass is 9.85. The van der Waals surface area contributed by atoms with E-state index >= 15 is 0 Å². The fourth-order valence-corrected chi connectivity index (χ4v) is 2.70. The minimum Gasteiger partial charge on any atom is -0.480 e. The highest BCUT2D eigenvalue weighted by molar-refractivity contribution is 5.95. The Morgan fingerprint density at radius 2 is 1.87 bits per heavy atom. The molecule has 2 rings (SSSR count). The highest BCUT2D eigenvalue weighted by Crippen LogP contribution is 2.40. The molecule has 0 aromatic carbocycles. The zero-order chi connectivity index (χ0) is 17.6. The summed E-state index contributed by atoms with van der Waals surface area (Å²) in [6.45, 7) is 5.00. The first-order chi connectivity index (χ1) is 10.5. The van der Waals surface area contributed by atoms with E-state index in [-0.39, 0.29) is 25.8 Å². The fourth-order valence-electron chi connectivity index (χ4n) is 2.70. The van der Waals surface area contributed by atoms with Crippen LogP contribution in [0.2, 0.25) is 0 Å². The lowest BCUT2D eigenvalue weighted by Crippen LogP contribution is -2.58. The van der Waals surface area contributed by atoms with E-state index in [0.717, 1.165) is 4.90 Å². The number of carboxylic acids is 1. The molecule has 0 aromatic heterocycles. The molecule has 1 saturated heterocycles. The second-order valence-corrected chi connectivity index (χ2v) is 7.47. The van der Waals surface area contributed by atoms with E-state index in [0.29, 0.717) is 0 Å². The van der Waals surface area contributed by atoms with Crippen LogP contribution in [-0.4, -0.2) is 63.3 Å². The molecule has 0 bridgehead atoms. The molecular weight excluding hydrogens is 307 g/mol. The average Bonchev–Trinajstić information content (AvgIpc) is 3.04. The maximum atomic E-state index is 13.9. The zero-order valence-corrected chi connectivity index (χ0v) is 13.5. The highest BCUT2D eigenvalue weighted by Gasteiger charge is 2.53. The van der Waals surface area contributed by atoms with Gasteiger partial charge in [0.15, 0.2) is 5.67 Å². The van der Waals surface area contributed by atoms with Gasteiger partial charge in [-0.3, -0.25) is 9.59 Å². The van der Waals surface area contributed by atoms with E-state index < -0.39 is 47.1 Å². The number of nitrogens with one attached hydrogen (secondary N) is 1. The molecule has 3 atom stereocenters. The number of carboxylic acid groups (broad SMARTS) is 1. The van der Waals surface area contributed by atoms with Gasteiger partial charge in [-0.15, -0.1) is 0 Å². The van der Waals surface area contributed by atoms with Crippen LogP contribution in [0.3, 0.4) is 0 Å². The molecule has 2 fully saturated rings. The SMILES string of the molecule is CC(C)(C)C(NC(=O)C1(F)CC1)C(=O)N1C[C@H](O)C[C@H]1C(=O)O. The van der Waals surface area contributed by atoms with Crippen molar-refractivity contribution in [2.45, 2.75) is 63.9 Å². The summed E-state index contributed by atoms with van der Waals surface area (Å²) < 4.78 is 13.9. The molecule has 1 heterocycles. The van der Waals surface area contributed by atoms with Gasteiger partial charge >= 0.3 is 5.97 Å². The number of rotatable bonds is 4. The molecule has 130 valence electrons. The predicted octanol–water partition coefficient (Wildman–Crippen LogP) is 0.0658. The third-order valence-electron chi connectivity index (χ3n) is 4.33. The monoisotopic (exact) mass is 330 g/mol. The minimum atomic E-state index is -1.92. The molecule has 0 aromatic rings. The largest absolute Gasteiger partial charge is 0.480 e. The van der Waals surface area contributed by atoms with Crippen molar-refractivity contribution in [2.75, 3.05) is 6.54 Å². The van der Waals surface area contributed by atoms with Crippen LogP contribution in [0.4, 0.5) is 4.39 Å². The molecule has 8 heteroatoms. The lowest BCUT2D eigenvalue weighted by molar-refractivity contribution is -0.151. The molecule has 0 spiro atoms. The number of carbonyl (C=O) groups is 3. The second kappa shape index (κ2) is 5.74. The Bertz CT molecular complexity index is 526. The van der Waals surface area contributed by atoms with Crippen molar-refractivity contribution in [3.8, 4) is 0 Å². The number of aliphatic carboxylic acids is 1. The van der Waals surface area contributed by atoms with Crippen molar-refractivity contribution in [3.05, 3.63) is 0 Å². The predicted molar refractivity (Wildman–Crippen MR) is 78.2 cm³/mol. The van der Waals surface area contributed by atoms with Gasteiger partial charge < -0.3 is 20.4 Å². The van der Waals surface area contributed by atoms with Crippen molar-refractivity contribution in [2.24, 2.45) is 5.41 Å². The van der Waals surface area contributed by atoms with E-state index in [1.165, 1.54) is 0 Å². The first-order valence-electron chi connectivity index (χ1n) is 7.67. The van der Waals surface area contributed by atoms with Crippen molar-refractivity contribution in [1.82, 2.24) is 10.2 Å². The molecule has 2 aliphatic rings. The minimum absolute atomic E-state index is 0.0566. The van der Waals surface area contributed by atoms with Gasteiger partial charge in [0.05, 0.1) is 6.10 Å². The number of hydrogen-bond acceptors (Lipinski definition) is 4. The molecule has 23 heavy (non-hydrogen) atoms. The summed E-state index contributed by atoms with van der Waals surface area (Å²) in [5.74, 6) is -2.66. The first-order valence-corrected chi connectivity index (χ1v) is 7.67. The number of carbonyl (C=O) groups excluding carboxylic acids is 2. The van der Waals surface area contributed by atoms with E-state index in [2.05, 4.69) is 5.32 Å². The maximum absolute atomic E-state index is 13.9. The van der Waals surface area contributed by atoms with Gasteiger partial charge in [-0.25, -0.2) is 9.18 Å². The van der Waals surface area contributed by atoms with Crippen LogP contribution in [0.15, 0.2) is 0 Å². The number of nitrogens with zero attached hydrogens (tertiary/aromatic N) is 1. The molecule has 0 radical (unpaired) electrons. The van der Waals surface area contributed by atoms with Crippen LogP contribution >= 0.6 is 0 Å². The molecular formula is C15H23FN2O5. The quantitative estimate of drug-likeness (QED) is 0.676. The number of alkyl halides is 1. The molecule has 1 saturated carbocycles. The fraction of sp³-hybridized carbons (Fsp3) is 0.800. The number of halogens is 1. The summed E-state index contributed by atoms with van der Waals surface area (Å²) in [5.41, 5.74) is -2.64. The maximum Gasteiger partial charge on any atom is 0.326 e. The van der Waals surface area contributed by atoms with E-state index in [4.69, 9.17) is 0 Å². The van der Waals surface area contributed by atoms with Crippen LogP contribution in [0.1, 0.15) is 40.0 Å². The summed E-state index contributed by atoms with van der Waals surface area (Å²) in [6, 6.07) is -2.20. The van der Waals surface area contributed by atoms with E-state index in [1.54, 1.807) is 20.8 Å². The van der Waals surface area contributed by atoms with Crippen molar-refractivity contribution >= 4 is 17.8 Å². The van der Waals surface area contributed by atoms with Gasteiger partial charge in [-0.05, 0) is 18.3 Å². The third-order valence-corrected chi connectivity index (χ3v) is 4.33. The molecule has 1 aliphatic heterocycles. The summed E-state index contributed by atoms with van der Waals surface area (Å²) >= 11 is 0. The van der Waals surface area contributed by atoms with E-state index in [9.17, 15) is 29.0 Å². The van der Waals surface area contributed by atoms with Crippen molar-refractivity contribution < 1.29 is 29.0 Å². The van der Waals surface area contributed by atoms with Gasteiger partial charge in [-0.2, -0.15) is 0 Å².